The summed E-state index contributed by atoms with van der Waals surface area (Å²) in [5.74, 6) is 1.71. The number of methoxy groups -OCH3 is 1. The van der Waals surface area contributed by atoms with Gasteiger partial charge in [-0.05, 0) is 24.6 Å². The molecule has 20 heavy (non-hydrogen) atoms. The molecule has 0 aliphatic carbocycles. The standard InChI is InChI=1S/C14H12N4O2/c1-9-3-4-10(7-12(9)19-2)13-17-14(20-18-13)11-5-6-15-16-8-11/h3-8H,1-2H3. The highest BCUT2D eigenvalue weighted by molar-refractivity contribution is 5.61. The summed E-state index contributed by atoms with van der Waals surface area (Å²) >= 11 is 0. The van der Waals surface area contributed by atoms with Crippen molar-refractivity contribution in [2.24, 2.45) is 0 Å². The van der Waals surface area contributed by atoms with Gasteiger partial charge in [0.1, 0.15) is 5.75 Å². The van der Waals surface area contributed by atoms with Crippen molar-refractivity contribution in [2.75, 3.05) is 7.11 Å². The van der Waals surface area contributed by atoms with Crippen molar-refractivity contribution in [3.8, 4) is 28.6 Å². The minimum atomic E-state index is 0.412. The highest BCUT2D eigenvalue weighted by Gasteiger charge is 2.12. The molecule has 2 heterocycles. The van der Waals surface area contributed by atoms with Gasteiger partial charge in [-0.1, -0.05) is 17.3 Å². The molecule has 0 amide bonds. The van der Waals surface area contributed by atoms with E-state index < -0.39 is 0 Å². The number of rotatable bonds is 3. The van der Waals surface area contributed by atoms with Gasteiger partial charge < -0.3 is 9.26 Å². The molecule has 1 aromatic carbocycles. The zero-order chi connectivity index (χ0) is 13.9. The molecule has 6 nitrogen and oxygen atoms in total. The van der Waals surface area contributed by atoms with Crippen LogP contribution in [0.25, 0.3) is 22.8 Å². The van der Waals surface area contributed by atoms with E-state index >= 15 is 0 Å². The Balaban J connectivity index is 1.98. The summed E-state index contributed by atoms with van der Waals surface area (Å²) in [6.45, 7) is 1.98. The molecule has 2 aromatic heterocycles. The Kier molecular flexibility index (Phi) is 3.12. The van der Waals surface area contributed by atoms with Crippen LogP contribution in [0, 0.1) is 6.92 Å². The third kappa shape index (κ3) is 2.23. The van der Waals surface area contributed by atoms with Crippen LogP contribution in [0.15, 0.2) is 41.2 Å². The van der Waals surface area contributed by atoms with Gasteiger partial charge in [0.15, 0.2) is 0 Å². The molecule has 100 valence electrons. The lowest BCUT2D eigenvalue weighted by Crippen LogP contribution is -1.89. The van der Waals surface area contributed by atoms with Crippen LogP contribution in [0.4, 0.5) is 0 Å². The Morgan fingerprint density at radius 2 is 2.00 bits per heavy atom. The van der Waals surface area contributed by atoms with E-state index in [1.54, 1.807) is 25.6 Å². The summed E-state index contributed by atoms with van der Waals surface area (Å²) in [6.07, 6.45) is 3.15. The van der Waals surface area contributed by atoms with E-state index in [1.165, 1.54) is 0 Å². The molecule has 0 fully saturated rings. The van der Waals surface area contributed by atoms with Crippen molar-refractivity contribution >= 4 is 0 Å². The zero-order valence-corrected chi connectivity index (χ0v) is 11.1. The Morgan fingerprint density at radius 3 is 2.75 bits per heavy atom. The number of benzene rings is 1. The Bertz CT molecular complexity index is 725. The molecule has 0 saturated carbocycles. The predicted molar refractivity (Wildman–Crippen MR) is 72.0 cm³/mol. The van der Waals surface area contributed by atoms with Crippen molar-refractivity contribution in [2.45, 2.75) is 6.92 Å². The molecule has 3 aromatic rings. The largest absolute Gasteiger partial charge is 0.496 e. The summed E-state index contributed by atoms with van der Waals surface area (Å²) in [4.78, 5) is 4.35. The second-order valence-electron chi connectivity index (χ2n) is 4.24. The summed E-state index contributed by atoms with van der Waals surface area (Å²) in [5, 5.41) is 11.5. The van der Waals surface area contributed by atoms with Crippen LogP contribution in [0.3, 0.4) is 0 Å². The van der Waals surface area contributed by atoms with E-state index in [0.717, 1.165) is 22.4 Å². The average Bonchev–Trinajstić information content (AvgIpc) is 2.98. The number of hydrogen-bond donors (Lipinski definition) is 0. The lowest BCUT2D eigenvalue weighted by atomic mass is 10.1. The van der Waals surface area contributed by atoms with E-state index in [9.17, 15) is 0 Å². The fraction of sp³-hybridized carbons (Fsp3) is 0.143. The molecule has 0 aliphatic heterocycles. The van der Waals surface area contributed by atoms with E-state index in [4.69, 9.17) is 9.26 Å². The molecule has 3 rings (SSSR count). The maximum atomic E-state index is 5.29. The highest BCUT2D eigenvalue weighted by Crippen LogP contribution is 2.26. The van der Waals surface area contributed by atoms with Crippen LogP contribution in [-0.2, 0) is 0 Å². The van der Waals surface area contributed by atoms with Gasteiger partial charge in [-0.15, -0.1) is 0 Å². The molecule has 0 bridgehead atoms. The molecular formula is C14H12N4O2. The molecule has 0 aliphatic rings. The van der Waals surface area contributed by atoms with E-state index in [2.05, 4.69) is 20.3 Å². The Labute approximate surface area is 115 Å². The first-order valence-corrected chi connectivity index (χ1v) is 6.04. The molecule has 0 spiro atoms. The third-order valence-electron chi connectivity index (χ3n) is 2.92. The lowest BCUT2D eigenvalue weighted by Gasteiger charge is -2.04. The van der Waals surface area contributed by atoms with Gasteiger partial charge in [0, 0.05) is 5.56 Å². The molecule has 6 heteroatoms. The summed E-state index contributed by atoms with van der Waals surface area (Å²) in [6, 6.07) is 7.53. The number of hydrogen-bond acceptors (Lipinski definition) is 6. The number of aromatic nitrogens is 4. The normalized spacial score (nSPS) is 10.5. The van der Waals surface area contributed by atoms with E-state index in [0.29, 0.717) is 11.7 Å². The van der Waals surface area contributed by atoms with Crippen LogP contribution >= 0.6 is 0 Å². The molecular weight excluding hydrogens is 256 g/mol. The Morgan fingerprint density at radius 1 is 1.10 bits per heavy atom. The van der Waals surface area contributed by atoms with Gasteiger partial charge in [-0.3, -0.25) is 0 Å². The van der Waals surface area contributed by atoms with Gasteiger partial charge in [0.05, 0.1) is 25.1 Å². The van der Waals surface area contributed by atoms with Gasteiger partial charge in [-0.25, -0.2) is 0 Å². The van der Waals surface area contributed by atoms with E-state index in [1.807, 2.05) is 25.1 Å². The summed E-state index contributed by atoms with van der Waals surface area (Å²) in [5.41, 5.74) is 2.63. The van der Waals surface area contributed by atoms with Crippen molar-refractivity contribution in [1.82, 2.24) is 20.3 Å². The van der Waals surface area contributed by atoms with Crippen LogP contribution in [0.2, 0.25) is 0 Å². The van der Waals surface area contributed by atoms with Gasteiger partial charge in [-0.2, -0.15) is 15.2 Å². The van der Waals surface area contributed by atoms with Crippen LogP contribution in [0.5, 0.6) is 5.75 Å². The maximum absolute atomic E-state index is 5.29. The fourth-order valence-electron chi connectivity index (χ4n) is 1.83. The van der Waals surface area contributed by atoms with Crippen molar-refractivity contribution in [1.29, 1.82) is 0 Å². The van der Waals surface area contributed by atoms with Crippen LogP contribution in [0.1, 0.15) is 5.56 Å². The highest BCUT2D eigenvalue weighted by atomic mass is 16.5. The molecule has 0 saturated heterocycles. The lowest BCUT2D eigenvalue weighted by molar-refractivity contribution is 0.411. The first kappa shape index (κ1) is 12.3. The summed E-state index contributed by atoms with van der Waals surface area (Å²) < 4.78 is 10.5. The first-order chi connectivity index (χ1) is 9.78. The predicted octanol–water partition coefficient (Wildman–Crippen LogP) is 2.51. The molecule has 0 N–H and O–H groups in total. The van der Waals surface area contributed by atoms with Crippen molar-refractivity contribution < 1.29 is 9.26 Å². The molecule has 0 unspecified atom stereocenters. The third-order valence-corrected chi connectivity index (χ3v) is 2.92. The van der Waals surface area contributed by atoms with E-state index in [-0.39, 0.29) is 0 Å². The second-order valence-corrected chi connectivity index (χ2v) is 4.24. The first-order valence-electron chi connectivity index (χ1n) is 6.04. The molecule has 0 radical (unpaired) electrons. The quantitative estimate of drug-likeness (QED) is 0.726. The minimum absolute atomic E-state index is 0.412. The van der Waals surface area contributed by atoms with Gasteiger partial charge >= 0.3 is 0 Å². The van der Waals surface area contributed by atoms with Crippen molar-refractivity contribution in [3.05, 3.63) is 42.2 Å². The minimum Gasteiger partial charge on any atom is -0.496 e. The second kappa shape index (κ2) is 5.08. The zero-order valence-electron chi connectivity index (χ0n) is 11.1. The monoisotopic (exact) mass is 268 g/mol. The van der Waals surface area contributed by atoms with Crippen LogP contribution in [-0.4, -0.2) is 27.4 Å². The number of aryl methyl sites for hydroxylation is 1. The van der Waals surface area contributed by atoms with Gasteiger partial charge in [0.2, 0.25) is 5.82 Å². The maximum Gasteiger partial charge on any atom is 0.259 e. The summed E-state index contributed by atoms with van der Waals surface area (Å²) in [7, 11) is 1.64. The van der Waals surface area contributed by atoms with Crippen molar-refractivity contribution in [3.63, 3.8) is 0 Å². The average molecular weight is 268 g/mol. The fourth-order valence-corrected chi connectivity index (χ4v) is 1.83. The number of nitrogens with zero attached hydrogens (tertiary/aromatic N) is 4. The van der Waals surface area contributed by atoms with Crippen LogP contribution < -0.4 is 4.74 Å². The number of ether oxygens (including phenoxy) is 1. The molecule has 0 atom stereocenters. The Hall–Kier alpha value is -2.76. The topological polar surface area (TPSA) is 73.9 Å². The smallest absolute Gasteiger partial charge is 0.259 e. The SMILES string of the molecule is COc1cc(-c2noc(-c3ccnnc3)n2)ccc1C. The van der Waals surface area contributed by atoms with Gasteiger partial charge in [0.25, 0.3) is 5.89 Å².